The third-order valence-electron chi connectivity index (χ3n) is 3.54. The molecule has 108 valence electrons. The van der Waals surface area contributed by atoms with Crippen LogP contribution in [0, 0.1) is 0 Å². The van der Waals surface area contributed by atoms with Crippen molar-refractivity contribution in [1.29, 1.82) is 0 Å². The van der Waals surface area contributed by atoms with E-state index in [1.54, 1.807) is 12.1 Å². The molecular weight excluding hydrogens is 302 g/mol. The summed E-state index contributed by atoms with van der Waals surface area (Å²) in [7, 11) is 0. The number of halogens is 1. The molecule has 0 heterocycles. The molecule has 2 rings (SSSR count). The molecule has 1 aliphatic rings. The SMILES string of the molecule is Br.[2H]C([2H])([2H])C([2H])([2H])C([2H])([2H])N(CCC)C1CCc2cccc(O)c2C1. The standard InChI is InChI=1S/C16H25NO.BrH/c1-3-10-17(11-4-2)14-9-8-13-6-5-7-16(18)15(13)12-14;/h5-7,14,18H,3-4,8-12H2,1-2H3;1H/i1D3,3D2,10D2;. The van der Waals surface area contributed by atoms with E-state index in [4.69, 9.17) is 9.60 Å². The lowest BCUT2D eigenvalue weighted by Crippen LogP contribution is -2.40. The lowest BCUT2D eigenvalue weighted by Gasteiger charge is -2.35. The zero-order valence-electron chi connectivity index (χ0n) is 18.1. The van der Waals surface area contributed by atoms with Crippen LogP contribution in [0.4, 0.5) is 0 Å². The third-order valence-corrected chi connectivity index (χ3v) is 3.54. The van der Waals surface area contributed by atoms with E-state index in [2.05, 4.69) is 0 Å². The van der Waals surface area contributed by atoms with Crippen molar-refractivity contribution in [1.82, 2.24) is 4.90 Å². The fourth-order valence-corrected chi connectivity index (χ4v) is 2.66. The van der Waals surface area contributed by atoms with Gasteiger partial charge in [0, 0.05) is 15.6 Å². The fraction of sp³-hybridized carbons (Fsp3) is 0.625. The van der Waals surface area contributed by atoms with Gasteiger partial charge in [-0.25, -0.2) is 0 Å². The van der Waals surface area contributed by atoms with E-state index >= 15 is 0 Å². The minimum atomic E-state index is -3.07. The predicted molar refractivity (Wildman–Crippen MR) is 86.4 cm³/mol. The summed E-state index contributed by atoms with van der Waals surface area (Å²) in [6, 6.07) is 4.91. The first-order valence-electron chi connectivity index (χ1n) is 10.00. The van der Waals surface area contributed by atoms with Crippen molar-refractivity contribution in [2.75, 3.05) is 13.0 Å². The van der Waals surface area contributed by atoms with Crippen molar-refractivity contribution in [3.05, 3.63) is 29.3 Å². The Morgan fingerprint density at radius 3 is 3.11 bits per heavy atom. The predicted octanol–water partition coefficient (Wildman–Crippen LogP) is 3.95. The van der Waals surface area contributed by atoms with Gasteiger partial charge < -0.3 is 10.0 Å². The number of aromatic hydroxyl groups is 1. The van der Waals surface area contributed by atoms with Gasteiger partial charge in [-0.15, -0.1) is 17.0 Å². The largest absolute Gasteiger partial charge is 0.508 e. The van der Waals surface area contributed by atoms with Crippen molar-refractivity contribution in [3.63, 3.8) is 0 Å². The normalized spacial score (nSPS) is 25.6. The van der Waals surface area contributed by atoms with Crippen molar-refractivity contribution in [2.45, 2.75) is 51.9 Å². The summed E-state index contributed by atoms with van der Waals surface area (Å²) >= 11 is 0. The summed E-state index contributed by atoms with van der Waals surface area (Å²) in [5.74, 6) is 0.151. The molecule has 1 aromatic carbocycles. The average molecular weight is 335 g/mol. The maximum absolute atomic E-state index is 10.1. The number of rotatable bonds is 5. The molecule has 0 aromatic heterocycles. The second-order valence-corrected chi connectivity index (χ2v) is 4.74. The van der Waals surface area contributed by atoms with Crippen LogP contribution < -0.4 is 0 Å². The minimum absolute atomic E-state index is 0. The zero-order valence-corrected chi connectivity index (χ0v) is 12.9. The third kappa shape index (κ3) is 3.96. The summed E-state index contributed by atoms with van der Waals surface area (Å²) in [5, 5.41) is 10.1. The van der Waals surface area contributed by atoms with Crippen LogP contribution in [0.1, 0.15) is 53.7 Å². The molecule has 1 atom stereocenters. The number of fused-ring (bicyclic) bond motifs is 1. The highest BCUT2D eigenvalue weighted by Gasteiger charge is 2.24. The van der Waals surface area contributed by atoms with Gasteiger partial charge in [0.15, 0.2) is 0 Å². The van der Waals surface area contributed by atoms with Crippen molar-refractivity contribution in [2.24, 2.45) is 0 Å². The first-order valence-corrected chi connectivity index (χ1v) is 6.50. The van der Waals surface area contributed by atoms with Gasteiger partial charge in [-0.2, -0.15) is 0 Å². The van der Waals surface area contributed by atoms with E-state index in [0.717, 1.165) is 11.1 Å². The fourth-order valence-electron chi connectivity index (χ4n) is 2.66. The molecule has 2 nitrogen and oxygen atoms in total. The van der Waals surface area contributed by atoms with Crippen LogP contribution >= 0.6 is 17.0 Å². The Bertz CT molecular complexity index is 621. The summed E-state index contributed by atoms with van der Waals surface area (Å²) in [6.07, 6.45) is -0.831. The van der Waals surface area contributed by atoms with Crippen LogP contribution in [0.5, 0.6) is 5.75 Å². The zero-order chi connectivity index (χ0) is 19.0. The van der Waals surface area contributed by atoms with Gasteiger partial charge in [0.05, 0.1) is 0 Å². The quantitative estimate of drug-likeness (QED) is 0.881. The summed E-state index contributed by atoms with van der Waals surface area (Å²) in [4.78, 5) is 1.34. The maximum Gasteiger partial charge on any atom is 0.119 e. The highest BCUT2D eigenvalue weighted by atomic mass is 79.9. The smallest absolute Gasteiger partial charge is 0.119 e. The number of phenolic OH excluding ortho intramolecular Hbond substituents is 1. The Kier molecular flexibility index (Phi) is 3.61. The van der Waals surface area contributed by atoms with Crippen LogP contribution in [0.15, 0.2) is 18.2 Å². The highest BCUT2D eigenvalue weighted by molar-refractivity contribution is 8.93. The molecule has 0 saturated carbocycles. The monoisotopic (exact) mass is 334 g/mol. The van der Waals surface area contributed by atoms with Crippen molar-refractivity contribution < 1.29 is 14.7 Å². The molecule has 0 radical (unpaired) electrons. The van der Waals surface area contributed by atoms with E-state index in [9.17, 15) is 5.11 Å². The average Bonchev–Trinajstić information content (AvgIpc) is 2.51. The number of hydrogen-bond acceptors (Lipinski definition) is 2. The Morgan fingerprint density at radius 2 is 2.37 bits per heavy atom. The molecule has 0 saturated heterocycles. The summed E-state index contributed by atoms with van der Waals surface area (Å²) in [5.41, 5.74) is 1.75. The maximum atomic E-state index is 10.1. The number of hydrogen-bond donors (Lipinski definition) is 1. The van der Waals surface area contributed by atoms with Crippen LogP contribution in [0.25, 0.3) is 0 Å². The molecule has 0 amide bonds. The minimum Gasteiger partial charge on any atom is -0.508 e. The van der Waals surface area contributed by atoms with Gasteiger partial charge >= 0.3 is 0 Å². The van der Waals surface area contributed by atoms with Crippen molar-refractivity contribution >= 4 is 17.0 Å². The van der Waals surface area contributed by atoms with Crippen LogP contribution in [0.2, 0.25) is 0 Å². The van der Waals surface area contributed by atoms with Gasteiger partial charge in [-0.3, -0.25) is 0 Å². The molecule has 1 N–H and O–H groups in total. The second kappa shape index (κ2) is 7.91. The molecule has 19 heavy (non-hydrogen) atoms. The molecule has 0 spiro atoms. The number of aryl methyl sites for hydroxylation is 1. The first-order chi connectivity index (χ1) is 11.4. The van der Waals surface area contributed by atoms with Gasteiger partial charge in [-0.1, -0.05) is 25.9 Å². The Balaban J connectivity index is 0.00000338. The molecule has 3 heteroatoms. The highest BCUT2D eigenvalue weighted by Crippen LogP contribution is 2.30. The molecular formula is C16H26BrNO. The van der Waals surface area contributed by atoms with Gasteiger partial charge in [0.2, 0.25) is 0 Å². The first kappa shape index (κ1) is 8.68. The van der Waals surface area contributed by atoms with Gasteiger partial charge in [0.1, 0.15) is 5.75 Å². The molecule has 0 aliphatic heterocycles. The molecule has 1 aliphatic carbocycles. The molecule has 0 bridgehead atoms. The molecule has 1 aromatic rings. The molecule has 0 fully saturated rings. The number of phenols is 1. The van der Waals surface area contributed by atoms with E-state index in [0.29, 0.717) is 25.7 Å². The van der Waals surface area contributed by atoms with E-state index < -0.39 is 19.7 Å². The molecule has 1 unspecified atom stereocenters. The van der Waals surface area contributed by atoms with E-state index in [1.807, 2.05) is 13.0 Å². The number of benzene rings is 1. The Labute approximate surface area is 137 Å². The Hall–Kier alpha value is -0.540. The summed E-state index contributed by atoms with van der Waals surface area (Å²) in [6.45, 7) is -3.63. The second-order valence-electron chi connectivity index (χ2n) is 4.74. The lowest BCUT2D eigenvalue weighted by atomic mass is 9.86. The van der Waals surface area contributed by atoms with E-state index in [-0.39, 0.29) is 35.3 Å². The van der Waals surface area contributed by atoms with Crippen LogP contribution in [-0.2, 0) is 12.8 Å². The topological polar surface area (TPSA) is 23.5 Å². The lowest BCUT2D eigenvalue weighted by molar-refractivity contribution is 0.179. The Morgan fingerprint density at radius 1 is 1.53 bits per heavy atom. The van der Waals surface area contributed by atoms with Gasteiger partial charge in [-0.05, 0) is 62.3 Å². The van der Waals surface area contributed by atoms with Gasteiger partial charge in [0.25, 0.3) is 0 Å². The summed E-state index contributed by atoms with van der Waals surface area (Å²) < 4.78 is 54.8. The van der Waals surface area contributed by atoms with Crippen molar-refractivity contribution in [3.8, 4) is 5.75 Å². The number of nitrogens with zero attached hydrogens (tertiary/aromatic N) is 1. The van der Waals surface area contributed by atoms with Crippen LogP contribution in [0.3, 0.4) is 0 Å². The van der Waals surface area contributed by atoms with Crippen LogP contribution in [-0.4, -0.2) is 29.1 Å². The van der Waals surface area contributed by atoms with E-state index in [1.165, 1.54) is 4.90 Å².